The molecular formula is C50H91LiN6O9. The number of nitrogens with zero attached hydrogens (tertiary/aromatic N) is 4. The number of hydrogen-bond acceptors (Lipinski definition) is 10. The van der Waals surface area contributed by atoms with E-state index in [9.17, 15) is 33.9 Å². The standard InChI is InChI=1S/C26H47N3O4.C24H43N3O4.Li.H2O/c1-10-20(8)29-15-13-12-14-21(29)24(30)27-23(18(5)6)25(31)28(9)22(17(3)4)16-19(7)26(32)33-11-2;1-9-18(7)27-13-11-10-12-19(27)22(28)25-21(16(4)5)23(29)26(8)20(15(2)3)14-17(6)24(30)31;;/h16-18,20-23H,10-15H2,1-9H3,(H,27,30);14-16,18-21H,9-13H2,1-8H3,(H,25,28)(H,30,31);;1H2/q;;+1;/p-1/b19-16+;17-14+;;/t20?,21?,22-,23?;18?,19-,20-,21?;;/m11../s1. The van der Waals surface area contributed by atoms with Crippen LogP contribution in [-0.2, 0) is 33.5 Å². The second kappa shape index (κ2) is 31.8. The Hall–Kier alpha value is -3.22. The smallest absolute Gasteiger partial charge is 0.870 e. The largest absolute Gasteiger partial charge is 1.00 e. The number of amides is 4. The van der Waals surface area contributed by atoms with E-state index in [4.69, 9.17) is 4.74 Å². The van der Waals surface area contributed by atoms with Crippen molar-refractivity contribution in [3.63, 3.8) is 0 Å². The van der Waals surface area contributed by atoms with Crippen LogP contribution in [0.1, 0.15) is 155 Å². The maximum atomic E-state index is 13.5. The first-order chi connectivity index (χ1) is 29.9. The maximum absolute atomic E-state index is 13.5. The van der Waals surface area contributed by atoms with Crippen molar-refractivity contribution in [1.29, 1.82) is 0 Å². The molecule has 0 aromatic heterocycles. The van der Waals surface area contributed by atoms with Gasteiger partial charge in [-0.2, -0.15) is 0 Å². The Morgan fingerprint density at radius 1 is 0.621 bits per heavy atom. The summed E-state index contributed by atoms with van der Waals surface area (Å²) < 4.78 is 5.10. The fourth-order valence-corrected chi connectivity index (χ4v) is 8.65. The number of carbonyl (C=O) groups excluding carboxylic acids is 5. The number of carbonyl (C=O) groups is 6. The molecule has 0 aromatic carbocycles. The summed E-state index contributed by atoms with van der Waals surface area (Å²) in [6, 6.07) is -1.68. The molecule has 0 bridgehead atoms. The summed E-state index contributed by atoms with van der Waals surface area (Å²) in [5.41, 5.74) is 0.682. The van der Waals surface area contributed by atoms with Crippen LogP contribution < -0.4 is 29.5 Å². The second-order valence-electron chi connectivity index (χ2n) is 19.6. The van der Waals surface area contributed by atoms with E-state index in [0.29, 0.717) is 24.3 Å². The normalized spacial score (nSPS) is 20.0. The van der Waals surface area contributed by atoms with Gasteiger partial charge in [-0.1, -0.05) is 94.2 Å². The Morgan fingerprint density at radius 2 is 0.970 bits per heavy atom. The molecule has 2 rings (SSSR count). The van der Waals surface area contributed by atoms with Gasteiger partial charge in [0.05, 0.1) is 30.8 Å². The van der Waals surface area contributed by atoms with Crippen LogP contribution in [0, 0.1) is 23.7 Å². The van der Waals surface area contributed by atoms with E-state index < -0.39 is 18.1 Å². The second-order valence-corrected chi connectivity index (χ2v) is 19.6. The molecule has 0 saturated carbocycles. The van der Waals surface area contributed by atoms with Crippen molar-refractivity contribution in [1.82, 2.24) is 30.2 Å². The van der Waals surface area contributed by atoms with Crippen LogP contribution in [0.25, 0.3) is 0 Å². The zero-order valence-corrected chi connectivity index (χ0v) is 44.4. The number of hydrogen-bond donors (Lipinski definition) is 3. The summed E-state index contributed by atoms with van der Waals surface area (Å²) in [4.78, 5) is 84.7. The van der Waals surface area contributed by atoms with Crippen molar-refractivity contribution in [2.24, 2.45) is 23.7 Å². The van der Waals surface area contributed by atoms with Crippen molar-refractivity contribution < 1.29 is 62.9 Å². The number of likely N-dealkylation sites (N-methyl/N-ethyl adjacent to an activating group) is 2. The molecular weight excluding hydrogens is 836 g/mol. The molecule has 5 unspecified atom stereocenters. The number of likely N-dealkylation sites (tertiary alicyclic amines) is 2. The Kier molecular flexibility index (Phi) is 31.2. The molecule has 376 valence electrons. The summed E-state index contributed by atoms with van der Waals surface area (Å²) in [5, 5.41) is 15.4. The third-order valence-electron chi connectivity index (χ3n) is 13.2. The number of aliphatic carboxylic acids is 1. The summed E-state index contributed by atoms with van der Waals surface area (Å²) in [6.45, 7) is 31.4. The van der Waals surface area contributed by atoms with Crippen LogP contribution >= 0.6 is 0 Å². The molecule has 2 aliphatic heterocycles. The first kappa shape index (κ1) is 64.9. The van der Waals surface area contributed by atoms with Gasteiger partial charge in [0.25, 0.3) is 0 Å². The van der Waals surface area contributed by atoms with Crippen molar-refractivity contribution in [2.45, 2.75) is 204 Å². The van der Waals surface area contributed by atoms with Crippen molar-refractivity contribution >= 4 is 35.6 Å². The molecule has 8 atom stereocenters. The first-order valence-corrected chi connectivity index (χ1v) is 24.3. The fourth-order valence-electron chi connectivity index (χ4n) is 8.65. The zero-order chi connectivity index (χ0) is 49.2. The molecule has 16 heteroatoms. The quantitative estimate of drug-likeness (QED) is 0.0858. The number of nitrogens with one attached hydrogen (secondary N) is 2. The van der Waals surface area contributed by atoms with Crippen LogP contribution in [-0.4, -0.2) is 148 Å². The van der Waals surface area contributed by atoms with Crippen LogP contribution in [0.4, 0.5) is 0 Å². The maximum Gasteiger partial charge on any atom is 1.00 e. The molecule has 4 N–H and O–H groups in total. The van der Waals surface area contributed by atoms with Gasteiger partial charge in [-0.3, -0.25) is 29.0 Å². The molecule has 0 radical (unpaired) electrons. The molecule has 66 heavy (non-hydrogen) atoms. The average molecular weight is 927 g/mol. The molecule has 0 aliphatic carbocycles. The molecule has 0 spiro atoms. The monoisotopic (exact) mass is 927 g/mol. The Morgan fingerprint density at radius 3 is 1.26 bits per heavy atom. The average Bonchev–Trinajstić information content (AvgIpc) is 3.26. The molecule has 4 amide bonds. The van der Waals surface area contributed by atoms with E-state index in [1.165, 1.54) is 6.92 Å². The van der Waals surface area contributed by atoms with Crippen LogP contribution in [0.3, 0.4) is 0 Å². The van der Waals surface area contributed by atoms with Crippen molar-refractivity contribution in [3.05, 3.63) is 23.3 Å². The number of rotatable bonds is 21. The van der Waals surface area contributed by atoms with Gasteiger partial charge in [-0.25, -0.2) is 9.59 Å². The minimum absolute atomic E-state index is 0. The summed E-state index contributed by atoms with van der Waals surface area (Å²) in [6.07, 6.45) is 11.2. The van der Waals surface area contributed by atoms with Crippen LogP contribution in [0.15, 0.2) is 23.3 Å². The van der Waals surface area contributed by atoms with Gasteiger partial charge in [-0.15, -0.1) is 0 Å². The van der Waals surface area contributed by atoms with Gasteiger partial charge in [0, 0.05) is 37.3 Å². The molecule has 2 heterocycles. The number of carboxylic acids is 1. The Balaban J connectivity index is 0. The molecule has 2 fully saturated rings. The van der Waals surface area contributed by atoms with Gasteiger partial charge >= 0.3 is 30.8 Å². The number of piperidine rings is 2. The van der Waals surface area contributed by atoms with E-state index in [-0.39, 0.29) is 107 Å². The van der Waals surface area contributed by atoms with Crippen molar-refractivity contribution in [2.75, 3.05) is 33.8 Å². The van der Waals surface area contributed by atoms with Gasteiger partial charge in [-0.05, 0) is 110 Å². The van der Waals surface area contributed by atoms with E-state index in [1.54, 1.807) is 49.9 Å². The summed E-state index contributed by atoms with van der Waals surface area (Å²) in [5.74, 6) is -1.88. The topological polar surface area (TPSA) is 199 Å². The van der Waals surface area contributed by atoms with E-state index in [2.05, 4.69) is 48.1 Å². The van der Waals surface area contributed by atoms with E-state index >= 15 is 0 Å². The van der Waals surface area contributed by atoms with Crippen molar-refractivity contribution in [3.8, 4) is 0 Å². The molecule has 2 saturated heterocycles. The minimum Gasteiger partial charge on any atom is -0.870 e. The fraction of sp³-hybridized carbons (Fsp3) is 0.800. The third kappa shape index (κ3) is 19.4. The predicted molar refractivity (Wildman–Crippen MR) is 258 cm³/mol. The van der Waals surface area contributed by atoms with Crippen LogP contribution in [0.5, 0.6) is 0 Å². The van der Waals surface area contributed by atoms with Gasteiger partial charge in [0.15, 0.2) is 0 Å². The Bertz CT molecular complexity index is 1590. The predicted octanol–water partition coefficient (Wildman–Crippen LogP) is 3.89. The third-order valence-corrected chi connectivity index (χ3v) is 13.2. The number of esters is 1. The van der Waals surface area contributed by atoms with Gasteiger partial charge in [0.2, 0.25) is 23.6 Å². The summed E-state index contributed by atoms with van der Waals surface area (Å²) in [7, 11) is 3.43. The van der Waals surface area contributed by atoms with Gasteiger partial charge in [0.1, 0.15) is 12.1 Å². The Labute approximate surface area is 411 Å². The summed E-state index contributed by atoms with van der Waals surface area (Å²) >= 11 is 0. The zero-order valence-electron chi connectivity index (χ0n) is 44.4. The van der Waals surface area contributed by atoms with E-state index in [1.807, 2.05) is 55.4 Å². The molecule has 2 aliphatic rings. The SMILES string of the molecule is CCC(C)N1CCCC[C@@H]1C(=O)NC(C(=O)N(C)[C@H](/C=C(\C)C(=O)O)C(C)C)C(C)C.CCOC(=O)/C(C)=C/[C@H](C(C)C)N(C)C(=O)C(NC(=O)C1CCCCN1C(C)CC)C(C)C.[Li+].[OH-]. The van der Waals surface area contributed by atoms with E-state index in [0.717, 1.165) is 64.5 Å². The number of ether oxygens (including phenoxy) is 1. The minimum atomic E-state index is -0.998. The van der Waals surface area contributed by atoms with Gasteiger partial charge < -0.3 is 35.8 Å². The molecule has 0 aromatic rings. The number of carboxylic acid groups (broad SMARTS) is 1. The molecule has 15 nitrogen and oxygen atoms in total. The first-order valence-electron chi connectivity index (χ1n) is 24.3. The van der Waals surface area contributed by atoms with Crippen LogP contribution in [0.2, 0.25) is 0 Å².